The smallest absolute Gasteiger partial charge is 0.259 e. The Labute approximate surface area is 147 Å². The van der Waals surface area contributed by atoms with Crippen molar-refractivity contribution in [2.45, 2.75) is 52.5 Å². The quantitative estimate of drug-likeness (QED) is 0.850. The number of ether oxygens (including phenoxy) is 1. The predicted octanol–water partition coefficient (Wildman–Crippen LogP) is 3.13. The van der Waals surface area contributed by atoms with Gasteiger partial charge in [0.15, 0.2) is 5.76 Å². The second kappa shape index (κ2) is 6.54. The van der Waals surface area contributed by atoms with Crippen molar-refractivity contribution in [3.8, 4) is 5.88 Å². The summed E-state index contributed by atoms with van der Waals surface area (Å²) in [6.07, 6.45) is 1.85. The summed E-state index contributed by atoms with van der Waals surface area (Å²) in [5.41, 5.74) is 3.14. The first-order chi connectivity index (χ1) is 11.9. The zero-order valence-electron chi connectivity index (χ0n) is 15.8. The third kappa shape index (κ3) is 2.81. The van der Waals surface area contributed by atoms with E-state index in [-0.39, 0.29) is 17.9 Å². The normalized spacial score (nSPS) is 17.6. The van der Waals surface area contributed by atoms with Gasteiger partial charge in [0.05, 0.1) is 30.1 Å². The fourth-order valence-corrected chi connectivity index (χ4v) is 3.77. The van der Waals surface area contributed by atoms with Gasteiger partial charge in [0, 0.05) is 19.5 Å². The molecule has 1 saturated heterocycles. The zero-order valence-corrected chi connectivity index (χ0v) is 15.8. The molecule has 2 aromatic rings. The minimum absolute atomic E-state index is 0.0183. The Balaban J connectivity index is 2.01. The van der Waals surface area contributed by atoms with Gasteiger partial charge in [-0.3, -0.25) is 4.79 Å². The van der Waals surface area contributed by atoms with Gasteiger partial charge < -0.3 is 14.2 Å². The molecule has 3 rings (SSSR count). The molecule has 1 aliphatic heterocycles. The minimum atomic E-state index is -0.0366. The molecule has 0 bridgehead atoms. The highest BCUT2D eigenvalue weighted by molar-refractivity contribution is 5.96. The number of rotatable bonds is 4. The van der Waals surface area contributed by atoms with Gasteiger partial charge >= 0.3 is 0 Å². The lowest BCUT2D eigenvalue weighted by molar-refractivity contribution is 0.0730. The van der Waals surface area contributed by atoms with E-state index >= 15 is 0 Å². The second-order valence-electron chi connectivity index (χ2n) is 6.95. The molecule has 0 radical (unpaired) electrons. The van der Waals surface area contributed by atoms with Crippen LogP contribution in [0.4, 0.5) is 0 Å². The molecule has 0 aromatic carbocycles. The van der Waals surface area contributed by atoms with E-state index in [9.17, 15) is 4.79 Å². The first kappa shape index (κ1) is 17.5. The number of amides is 1. The Hall–Kier alpha value is -2.31. The van der Waals surface area contributed by atoms with Crippen LogP contribution < -0.4 is 4.74 Å². The summed E-state index contributed by atoms with van der Waals surface area (Å²) in [5.74, 6) is 1.46. The van der Waals surface area contributed by atoms with Gasteiger partial charge in [-0.15, -0.1) is 0 Å². The van der Waals surface area contributed by atoms with Crippen LogP contribution in [0.2, 0.25) is 0 Å². The van der Waals surface area contributed by atoms with Crippen LogP contribution in [0.25, 0.3) is 0 Å². The van der Waals surface area contributed by atoms with Crippen molar-refractivity contribution in [1.82, 2.24) is 19.8 Å². The molecule has 7 heteroatoms. The minimum Gasteiger partial charge on any atom is -0.481 e. The van der Waals surface area contributed by atoms with E-state index < -0.39 is 0 Å². The highest BCUT2D eigenvalue weighted by Gasteiger charge is 2.37. The molecular formula is C18H26N4O3. The van der Waals surface area contributed by atoms with Gasteiger partial charge in [-0.05, 0) is 26.7 Å². The second-order valence-corrected chi connectivity index (χ2v) is 6.95. The molecule has 25 heavy (non-hydrogen) atoms. The van der Waals surface area contributed by atoms with Crippen LogP contribution >= 0.6 is 0 Å². The molecule has 0 saturated carbocycles. The Morgan fingerprint density at radius 2 is 2.04 bits per heavy atom. The highest BCUT2D eigenvalue weighted by Crippen LogP contribution is 2.40. The van der Waals surface area contributed by atoms with Crippen LogP contribution in [0.1, 0.15) is 71.7 Å². The van der Waals surface area contributed by atoms with Crippen LogP contribution in [0.15, 0.2) is 4.52 Å². The van der Waals surface area contributed by atoms with E-state index in [1.165, 1.54) is 0 Å². The average Bonchev–Trinajstić information content (AvgIpc) is 3.23. The molecule has 1 atom stereocenters. The lowest BCUT2D eigenvalue weighted by atomic mass is 10.0. The van der Waals surface area contributed by atoms with Gasteiger partial charge in [-0.25, -0.2) is 4.68 Å². The SMILES string of the molecule is COc1c(C2CCCN2C(=O)c2c(C)noc2C(C)C)c(C)nn1C. The molecule has 2 aromatic heterocycles. The van der Waals surface area contributed by atoms with Crippen molar-refractivity contribution in [2.24, 2.45) is 7.05 Å². The Morgan fingerprint density at radius 3 is 2.68 bits per heavy atom. The van der Waals surface area contributed by atoms with E-state index in [4.69, 9.17) is 9.26 Å². The third-order valence-electron chi connectivity index (χ3n) is 4.88. The molecule has 1 aliphatic rings. The van der Waals surface area contributed by atoms with E-state index in [1.807, 2.05) is 39.6 Å². The van der Waals surface area contributed by atoms with Crippen molar-refractivity contribution < 1.29 is 14.1 Å². The van der Waals surface area contributed by atoms with Crippen LogP contribution in [0.5, 0.6) is 5.88 Å². The number of nitrogens with zero attached hydrogens (tertiary/aromatic N) is 4. The maximum atomic E-state index is 13.3. The molecule has 7 nitrogen and oxygen atoms in total. The Kier molecular flexibility index (Phi) is 4.58. The average molecular weight is 346 g/mol. The predicted molar refractivity (Wildman–Crippen MR) is 92.8 cm³/mol. The fourth-order valence-electron chi connectivity index (χ4n) is 3.77. The number of carbonyl (C=O) groups excluding carboxylic acids is 1. The van der Waals surface area contributed by atoms with Gasteiger partial charge in [0.1, 0.15) is 5.56 Å². The number of hydrogen-bond acceptors (Lipinski definition) is 5. The van der Waals surface area contributed by atoms with Crippen LogP contribution in [-0.2, 0) is 7.05 Å². The summed E-state index contributed by atoms with van der Waals surface area (Å²) in [7, 11) is 3.50. The summed E-state index contributed by atoms with van der Waals surface area (Å²) in [6, 6.07) is -0.0366. The molecule has 1 unspecified atom stereocenters. The maximum absolute atomic E-state index is 13.3. The zero-order chi connectivity index (χ0) is 18.3. The molecule has 0 spiro atoms. The monoisotopic (exact) mass is 346 g/mol. The maximum Gasteiger partial charge on any atom is 0.259 e. The number of carbonyl (C=O) groups is 1. The lowest BCUT2D eigenvalue weighted by Crippen LogP contribution is -2.32. The topological polar surface area (TPSA) is 73.4 Å². The van der Waals surface area contributed by atoms with E-state index in [0.717, 1.165) is 24.1 Å². The lowest BCUT2D eigenvalue weighted by Gasteiger charge is -2.25. The summed E-state index contributed by atoms with van der Waals surface area (Å²) in [5, 5.41) is 8.49. The highest BCUT2D eigenvalue weighted by atomic mass is 16.5. The summed E-state index contributed by atoms with van der Waals surface area (Å²) in [6.45, 7) is 8.51. The van der Waals surface area contributed by atoms with Crippen molar-refractivity contribution in [3.63, 3.8) is 0 Å². The van der Waals surface area contributed by atoms with Crippen molar-refractivity contribution in [2.75, 3.05) is 13.7 Å². The molecular weight excluding hydrogens is 320 g/mol. The number of likely N-dealkylation sites (tertiary alicyclic amines) is 1. The summed E-state index contributed by atoms with van der Waals surface area (Å²) >= 11 is 0. The van der Waals surface area contributed by atoms with E-state index in [0.29, 0.717) is 29.4 Å². The van der Waals surface area contributed by atoms with Crippen molar-refractivity contribution >= 4 is 5.91 Å². The van der Waals surface area contributed by atoms with Crippen LogP contribution in [-0.4, -0.2) is 39.4 Å². The Morgan fingerprint density at radius 1 is 1.32 bits per heavy atom. The number of aryl methyl sites for hydroxylation is 3. The standard InChI is InChI=1S/C18H26N4O3/c1-10(2)16-15(12(4)20-25-16)17(23)22-9-7-8-13(22)14-11(3)19-21(5)18(14)24-6/h10,13H,7-9H2,1-6H3. The molecule has 3 heterocycles. The van der Waals surface area contributed by atoms with Gasteiger partial charge in [-0.2, -0.15) is 5.10 Å². The van der Waals surface area contributed by atoms with Gasteiger partial charge in [0.25, 0.3) is 5.91 Å². The van der Waals surface area contributed by atoms with E-state index in [2.05, 4.69) is 10.3 Å². The molecule has 1 fully saturated rings. The van der Waals surface area contributed by atoms with Crippen LogP contribution in [0.3, 0.4) is 0 Å². The van der Waals surface area contributed by atoms with Crippen molar-refractivity contribution in [1.29, 1.82) is 0 Å². The molecule has 0 N–H and O–H groups in total. The first-order valence-electron chi connectivity index (χ1n) is 8.71. The molecule has 1 amide bonds. The third-order valence-corrected chi connectivity index (χ3v) is 4.88. The van der Waals surface area contributed by atoms with Gasteiger partial charge in [-0.1, -0.05) is 19.0 Å². The number of methoxy groups -OCH3 is 1. The number of hydrogen-bond donors (Lipinski definition) is 0. The van der Waals surface area contributed by atoms with E-state index in [1.54, 1.807) is 11.8 Å². The van der Waals surface area contributed by atoms with Crippen molar-refractivity contribution in [3.05, 3.63) is 28.3 Å². The molecule has 136 valence electrons. The van der Waals surface area contributed by atoms with Gasteiger partial charge in [0.2, 0.25) is 5.88 Å². The Bertz CT molecular complexity index is 791. The largest absolute Gasteiger partial charge is 0.481 e. The summed E-state index contributed by atoms with van der Waals surface area (Å²) < 4.78 is 12.7. The summed E-state index contributed by atoms with van der Waals surface area (Å²) in [4.78, 5) is 15.2. The first-order valence-corrected chi connectivity index (χ1v) is 8.71. The fraction of sp³-hybridized carbons (Fsp3) is 0.611. The number of aromatic nitrogens is 3. The van der Waals surface area contributed by atoms with Crippen LogP contribution in [0, 0.1) is 13.8 Å². The molecule has 0 aliphatic carbocycles.